The third kappa shape index (κ3) is 2.48. The largest absolute Gasteiger partial charge is 0.494 e. The number of fused-ring (bicyclic) bond motifs is 9. The summed E-state index contributed by atoms with van der Waals surface area (Å²) in [5.74, 6) is -0.804. The van der Waals surface area contributed by atoms with Gasteiger partial charge < -0.3 is 18.8 Å². The van der Waals surface area contributed by atoms with Crippen LogP contribution >= 0.6 is 0 Å². The molecule has 2 bridgehead atoms. The fraction of sp³-hybridized carbons (Fsp3) is 0.417. The molecule has 0 saturated carbocycles. The maximum Gasteiger partial charge on any atom is 0.494 e. The van der Waals surface area contributed by atoms with E-state index in [2.05, 4.69) is 0 Å². The predicted octanol–water partition coefficient (Wildman–Crippen LogP) is 3.59. The van der Waals surface area contributed by atoms with Crippen molar-refractivity contribution in [1.82, 2.24) is 14.5 Å². The molecule has 0 spiro atoms. The molecule has 3 aliphatic heterocycles. The van der Waals surface area contributed by atoms with Crippen LogP contribution in [0.4, 0.5) is 4.39 Å². The fourth-order valence-electron chi connectivity index (χ4n) is 5.04. The van der Waals surface area contributed by atoms with Crippen molar-refractivity contribution in [2.24, 2.45) is 0 Å². The Labute approximate surface area is 190 Å². The van der Waals surface area contributed by atoms with Gasteiger partial charge in [0.1, 0.15) is 11.6 Å². The molecule has 32 heavy (non-hydrogen) atoms. The van der Waals surface area contributed by atoms with Crippen LogP contribution < -0.4 is 5.46 Å². The Morgan fingerprint density at radius 3 is 2.62 bits per heavy atom. The number of imidazole rings is 1. The van der Waals surface area contributed by atoms with Gasteiger partial charge in [-0.2, -0.15) is 0 Å². The van der Waals surface area contributed by atoms with Crippen molar-refractivity contribution < 1.29 is 22.6 Å². The Morgan fingerprint density at radius 1 is 1.16 bits per heavy atom. The molecule has 1 fully saturated rings. The molecule has 6 rings (SSSR count). The number of benzene rings is 2. The normalized spacial score (nSPS) is 27.0. The van der Waals surface area contributed by atoms with Crippen LogP contribution in [-0.2, 0) is 9.31 Å². The molecule has 0 N–H and O–H groups in total. The highest BCUT2D eigenvalue weighted by atomic mass is 19.1. The molecular formula is C24H25BFN3O3. The number of carbonyl (C=O) groups is 1. The van der Waals surface area contributed by atoms with Crippen molar-refractivity contribution >= 4 is 29.5 Å². The van der Waals surface area contributed by atoms with Gasteiger partial charge in [0.05, 0.1) is 34.3 Å². The highest BCUT2D eigenvalue weighted by molar-refractivity contribution is 6.62. The monoisotopic (exact) mass is 436 g/mol. The van der Waals surface area contributed by atoms with Crippen molar-refractivity contribution in [3.63, 3.8) is 0 Å². The summed E-state index contributed by atoms with van der Waals surface area (Å²) in [6, 6.07) is 8.47. The van der Waals surface area contributed by atoms with E-state index in [1.54, 1.807) is 0 Å². The van der Waals surface area contributed by atoms with E-state index in [1.807, 2.05) is 50.5 Å². The molecular weight excluding hydrogens is 408 g/mol. The van der Waals surface area contributed by atoms with Gasteiger partial charge in [0.2, 0.25) is 0 Å². The lowest BCUT2D eigenvalue weighted by Crippen LogP contribution is -2.41. The van der Waals surface area contributed by atoms with Gasteiger partial charge in [0.25, 0.3) is 5.91 Å². The molecule has 2 aromatic carbocycles. The summed E-state index contributed by atoms with van der Waals surface area (Å²) in [6.07, 6.45) is 0.233. The van der Waals surface area contributed by atoms with Crippen LogP contribution in [-0.4, -0.2) is 45.7 Å². The van der Waals surface area contributed by atoms with Gasteiger partial charge in [0.15, 0.2) is 0 Å². The zero-order valence-corrected chi connectivity index (χ0v) is 18.3. The second kappa shape index (κ2) is 6.20. The van der Waals surface area contributed by atoms with E-state index in [4.69, 9.17) is 18.4 Å². The number of nitrogens with zero attached hydrogens (tertiary/aromatic N) is 3. The van der Waals surface area contributed by atoms with Crippen LogP contribution in [0.3, 0.4) is 0 Å². The maximum absolute atomic E-state index is 15.2. The van der Waals surface area contributed by atoms with Crippen molar-refractivity contribution in [3.8, 4) is 0 Å². The first-order valence-corrected chi connectivity index (χ1v) is 10.8. The van der Waals surface area contributed by atoms with E-state index in [0.29, 0.717) is 16.9 Å². The van der Waals surface area contributed by atoms with Gasteiger partial charge in [0, 0.05) is 28.6 Å². The molecule has 8 heteroatoms. The van der Waals surface area contributed by atoms with Crippen LogP contribution in [0.25, 0.3) is 11.0 Å². The lowest BCUT2D eigenvalue weighted by Gasteiger charge is -2.32. The van der Waals surface area contributed by atoms with Crippen LogP contribution in [0.1, 0.15) is 72.1 Å². The second-order valence-electron chi connectivity index (χ2n) is 9.82. The topological polar surface area (TPSA) is 56.6 Å². The van der Waals surface area contributed by atoms with E-state index in [-0.39, 0.29) is 17.5 Å². The van der Waals surface area contributed by atoms with Gasteiger partial charge in [-0.3, -0.25) is 4.79 Å². The summed E-state index contributed by atoms with van der Waals surface area (Å²) < 4.78 is 53.7. The van der Waals surface area contributed by atoms with Gasteiger partial charge in [-0.15, -0.1) is 0 Å². The molecule has 1 aromatic heterocycles. The van der Waals surface area contributed by atoms with Crippen LogP contribution in [0.2, 0.25) is 0 Å². The fourth-order valence-corrected chi connectivity index (χ4v) is 5.04. The summed E-state index contributed by atoms with van der Waals surface area (Å²) in [7, 11) is -0.594. The van der Waals surface area contributed by atoms with Crippen molar-refractivity contribution in [3.05, 3.63) is 59.2 Å². The summed E-state index contributed by atoms with van der Waals surface area (Å²) in [6.45, 7) is 5.22. The molecule has 6 nitrogen and oxygen atoms in total. The number of rotatable bonds is 1. The van der Waals surface area contributed by atoms with Gasteiger partial charge in [-0.05, 0) is 57.4 Å². The Bertz CT molecular complexity index is 1390. The number of amides is 1. The number of hydrogen-bond acceptors (Lipinski definition) is 4. The van der Waals surface area contributed by atoms with Crippen molar-refractivity contribution in [2.75, 3.05) is 6.98 Å². The van der Waals surface area contributed by atoms with Gasteiger partial charge in [-0.25, -0.2) is 9.37 Å². The first kappa shape index (κ1) is 16.9. The molecule has 4 heterocycles. The lowest BCUT2D eigenvalue weighted by atomic mass is 9.79. The SMILES string of the molecule is [2H]C([2H])([2H])N1C(=O)c2cccc(F)c2[C@H]2C[C@@H]1c1nc3ccc(B4OC(C)(C)C(C)(C)O4)cc3n12. The molecule has 0 radical (unpaired) electrons. The predicted molar refractivity (Wildman–Crippen MR) is 119 cm³/mol. The minimum Gasteiger partial charge on any atom is -0.399 e. The van der Waals surface area contributed by atoms with E-state index in [0.717, 1.165) is 10.4 Å². The molecule has 164 valence electrons. The number of carbonyl (C=O) groups excluding carboxylic acids is 1. The third-order valence-electron chi connectivity index (χ3n) is 7.47. The van der Waals surface area contributed by atoms with E-state index >= 15 is 4.39 Å². The van der Waals surface area contributed by atoms with Gasteiger partial charge >= 0.3 is 7.12 Å². The van der Waals surface area contributed by atoms with E-state index < -0.39 is 49.1 Å². The smallest absolute Gasteiger partial charge is 0.399 e. The summed E-state index contributed by atoms with van der Waals surface area (Å²) >= 11 is 0. The summed E-state index contributed by atoms with van der Waals surface area (Å²) in [5, 5.41) is 0. The van der Waals surface area contributed by atoms with Gasteiger partial charge in [-0.1, -0.05) is 12.1 Å². The summed E-state index contributed by atoms with van der Waals surface area (Å²) in [5.41, 5.74) is 1.39. The molecule has 0 aliphatic carbocycles. The third-order valence-corrected chi connectivity index (χ3v) is 7.47. The quantitative estimate of drug-likeness (QED) is 0.548. The zero-order chi connectivity index (χ0) is 25.1. The Hall–Kier alpha value is -2.71. The molecule has 2 atom stereocenters. The Kier molecular flexibility index (Phi) is 3.27. The number of aromatic nitrogens is 2. The minimum atomic E-state index is -2.71. The average Bonchev–Trinajstić information content (AvgIpc) is 3.32. The lowest BCUT2D eigenvalue weighted by molar-refractivity contribution is 0.00578. The molecule has 3 aromatic rings. The average molecular weight is 436 g/mol. The second-order valence-corrected chi connectivity index (χ2v) is 9.82. The number of halogens is 1. The molecule has 1 amide bonds. The van der Waals surface area contributed by atoms with Crippen LogP contribution in [0.5, 0.6) is 0 Å². The van der Waals surface area contributed by atoms with Crippen LogP contribution in [0, 0.1) is 5.82 Å². The first-order valence-electron chi connectivity index (χ1n) is 12.3. The molecule has 0 unspecified atom stereocenters. The van der Waals surface area contributed by atoms with Crippen LogP contribution in [0.15, 0.2) is 36.4 Å². The van der Waals surface area contributed by atoms with Crippen molar-refractivity contribution in [2.45, 2.75) is 57.4 Å². The highest BCUT2D eigenvalue weighted by Gasteiger charge is 2.52. The Balaban J connectivity index is 1.55. The first-order chi connectivity index (χ1) is 16.3. The van der Waals surface area contributed by atoms with Crippen molar-refractivity contribution in [1.29, 1.82) is 0 Å². The Morgan fingerprint density at radius 2 is 1.91 bits per heavy atom. The summed E-state index contributed by atoms with van der Waals surface area (Å²) in [4.78, 5) is 18.9. The molecule has 3 aliphatic rings. The standard InChI is InChI=1S/C24H25BFN3O3/c1-23(2)24(3,4)32-25(31-23)13-9-10-16-17(11-13)29-18-12-19(21(29)27-16)28(5)22(30)14-7-6-8-15(26)20(14)18/h6-11,18-19H,12H2,1-5H3/t18-,19-/m1/s1/i5D3. The minimum absolute atomic E-state index is 0.0724. The zero-order valence-electron chi connectivity index (χ0n) is 21.3. The van der Waals surface area contributed by atoms with E-state index in [1.165, 1.54) is 18.2 Å². The molecule has 1 saturated heterocycles. The maximum atomic E-state index is 15.2. The van der Waals surface area contributed by atoms with E-state index in [9.17, 15) is 4.79 Å². The number of hydrogen-bond donors (Lipinski definition) is 0. The highest BCUT2D eigenvalue weighted by Crippen LogP contribution is 2.48.